The van der Waals surface area contributed by atoms with Crippen LogP contribution in [0.3, 0.4) is 0 Å². The maximum Gasteiger partial charge on any atom is 0.238 e. The number of carbonyl (C=O) groups is 2. The second-order valence-corrected chi connectivity index (χ2v) is 7.34. The Bertz CT molecular complexity index is 765. The van der Waals surface area contributed by atoms with Gasteiger partial charge in [-0.15, -0.1) is 0 Å². The fourth-order valence-corrected chi connectivity index (χ4v) is 3.02. The van der Waals surface area contributed by atoms with Crippen LogP contribution in [-0.4, -0.2) is 42.9 Å². The van der Waals surface area contributed by atoms with Gasteiger partial charge in [0.2, 0.25) is 11.8 Å². The Morgan fingerprint density at radius 2 is 1.71 bits per heavy atom. The summed E-state index contributed by atoms with van der Waals surface area (Å²) in [5.41, 5.74) is 1.89. The van der Waals surface area contributed by atoms with Gasteiger partial charge in [-0.2, -0.15) is 0 Å². The van der Waals surface area contributed by atoms with E-state index in [4.69, 9.17) is 11.6 Å². The Labute approximate surface area is 172 Å². The number of rotatable bonds is 9. The highest BCUT2D eigenvalue weighted by molar-refractivity contribution is 6.30. The van der Waals surface area contributed by atoms with Crippen molar-refractivity contribution in [2.75, 3.05) is 25.5 Å². The molecule has 0 fully saturated rings. The molecule has 0 saturated heterocycles. The van der Waals surface area contributed by atoms with E-state index in [1.807, 2.05) is 18.2 Å². The smallest absolute Gasteiger partial charge is 0.238 e. The lowest BCUT2D eigenvalue weighted by Crippen LogP contribution is -2.46. The summed E-state index contributed by atoms with van der Waals surface area (Å²) in [6.45, 7) is 4.61. The van der Waals surface area contributed by atoms with E-state index in [-0.39, 0.29) is 24.3 Å². The van der Waals surface area contributed by atoms with Crippen molar-refractivity contribution in [3.8, 4) is 0 Å². The Morgan fingerprint density at radius 1 is 1.07 bits per heavy atom. The van der Waals surface area contributed by atoms with Gasteiger partial charge in [-0.25, -0.2) is 0 Å². The minimum atomic E-state index is -0.413. The zero-order valence-corrected chi connectivity index (χ0v) is 17.4. The minimum absolute atomic E-state index is 0.0869. The number of amides is 2. The highest BCUT2D eigenvalue weighted by Crippen LogP contribution is 2.18. The number of benzene rings is 2. The van der Waals surface area contributed by atoms with Gasteiger partial charge in [-0.1, -0.05) is 48.9 Å². The molecule has 0 heterocycles. The highest BCUT2D eigenvalue weighted by atomic mass is 35.5. The molecular weight excluding hydrogens is 374 g/mol. The Balaban J connectivity index is 1.82. The van der Waals surface area contributed by atoms with Crippen molar-refractivity contribution in [3.05, 3.63) is 65.2 Å². The third-order valence-electron chi connectivity index (χ3n) is 4.85. The van der Waals surface area contributed by atoms with Gasteiger partial charge in [0.25, 0.3) is 0 Å². The lowest BCUT2D eigenvalue weighted by Gasteiger charge is -2.24. The van der Waals surface area contributed by atoms with Crippen LogP contribution >= 0.6 is 11.6 Å². The van der Waals surface area contributed by atoms with Gasteiger partial charge in [0, 0.05) is 23.2 Å². The average Bonchev–Trinajstić information content (AvgIpc) is 2.70. The molecule has 2 aromatic carbocycles. The van der Waals surface area contributed by atoms with Crippen molar-refractivity contribution in [3.63, 3.8) is 0 Å². The predicted octanol–water partition coefficient (Wildman–Crippen LogP) is 3.91. The van der Waals surface area contributed by atoms with E-state index in [1.165, 1.54) is 5.56 Å². The number of nitrogens with one attached hydrogen (secondary N) is 2. The number of likely N-dealkylation sites (N-methyl/N-ethyl adjacent to an activating group) is 1. The van der Waals surface area contributed by atoms with Crippen LogP contribution in [0.15, 0.2) is 54.6 Å². The number of anilines is 1. The molecule has 0 spiro atoms. The molecule has 2 aromatic rings. The molecule has 0 unspecified atom stereocenters. The quantitative estimate of drug-likeness (QED) is 0.669. The molecule has 0 aliphatic rings. The number of nitrogens with zero attached hydrogens (tertiary/aromatic N) is 1. The van der Waals surface area contributed by atoms with Gasteiger partial charge in [-0.3, -0.25) is 14.5 Å². The molecule has 150 valence electrons. The standard InChI is InChI=1S/C22H28ClN3O2/c1-4-17(18-8-6-5-7-9-18)14-24-22(28)16(2)26(3)15-21(27)25-20-12-10-19(23)11-13-20/h5-13,16-17H,4,14-15H2,1-3H3,(H,24,28)(H,25,27)/t16-,17-/m0/s1. The highest BCUT2D eigenvalue weighted by Gasteiger charge is 2.21. The summed E-state index contributed by atoms with van der Waals surface area (Å²) in [5, 5.41) is 6.43. The van der Waals surface area contributed by atoms with E-state index < -0.39 is 6.04 Å². The first-order chi connectivity index (χ1) is 13.4. The molecule has 2 amide bonds. The van der Waals surface area contributed by atoms with Crippen LogP contribution in [0, 0.1) is 0 Å². The third kappa shape index (κ3) is 6.66. The minimum Gasteiger partial charge on any atom is -0.354 e. The van der Waals surface area contributed by atoms with Crippen molar-refractivity contribution < 1.29 is 9.59 Å². The Hall–Kier alpha value is -2.37. The molecule has 28 heavy (non-hydrogen) atoms. The second-order valence-electron chi connectivity index (χ2n) is 6.91. The summed E-state index contributed by atoms with van der Waals surface area (Å²) < 4.78 is 0. The first-order valence-electron chi connectivity index (χ1n) is 9.49. The molecule has 2 N–H and O–H groups in total. The number of hydrogen-bond donors (Lipinski definition) is 2. The maximum absolute atomic E-state index is 12.5. The van der Waals surface area contributed by atoms with E-state index in [0.717, 1.165) is 6.42 Å². The number of carbonyl (C=O) groups excluding carboxylic acids is 2. The fourth-order valence-electron chi connectivity index (χ4n) is 2.89. The van der Waals surface area contributed by atoms with Crippen LogP contribution in [0.4, 0.5) is 5.69 Å². The number of halogens is 1. The van der Waals surface area contributed by atoms with E-state index in [2.05, 4.69) is 29.7 Å². The number of hydrogen-bond acceptors (Lipinski definition) is 3. The fraction of sp³-hybridized carbons (Fsp3) is 0.364. The predicted molar refractivity (Wildman–Crippen MR) is 115 cm³/mol. The SMILES string of the molecule is CC[C@@H](CNC(=O)[C@H](C)N(C)CC(=O)Nc1ccc(Cl)cc1)c1ccccc1. The summed E-state index contributed by atoms with van der Waals surface area (Å²) in [6.07, 6.45) is 0.942. The Kier molecular flexibility index (Phi) is 8.48. The van der Waals surface area contributed by atoms with Crippen molar-refractivity contribution in [2.45, 2.75) is 32.2 Å². The molecule has 0 aliphatic carbocycles. The molecule has 2 rings (SSSR count). The topological polar surface area (TPSA) is 61.4 Å². The van der Waals surface area contributed by atoms with Crippen LogP contribution < -0.4 is 10.6 Å². The largest absolute Gasteiger partial charge is 0.354 e. The van der Waals surface area contributed by atoms with Crippen molar-refractivity contribution in [2.24, 2.45) is 0 Å². The van der Waals surface area contributed by atoms with E-state index >= 15 is 0 Å². The molecule has 6 heteroatoms. The van der Waals surface area contributed by atoms with Crippen molar-refractivity contribution in [1.29, 1.82) is 0 Å². The zero-order chi connectivity index (χ0) is 20.5. The molecule has 0 aromatic heterocycles. The molecule has 0 radical (unpaired) electrons. The lowest BCUT2D eigenvalue weighted by atomic mass is 9.96. The molecule has 0 bridgehead atoms. The van der Waals surface area contributed by atoms with E-state index in [0.29, 0.717) is 17.3 Å². The van der Waals surface area contributed by atoms with Gasteiger partial charge >= 0.3 is 0 Å². The Morgan fingerprint density at radius 3 is 2.32 bits per heavy atom. The van der Waals surface area contributed by atoms with Crippen molar-refractivity contribution in [1.82, 2.24) is 10.2 Å². The molecule has 0 aliphatic heterocycles. The van der Waals surface area contributed by atoms with Crippen LogP contribution in [0.25, 0.3) is 0 Å². The van der Waals surface area contributed by atoms with E-state index in [9.17, 15) is 9.59 Å². The van der Waals surface area contributed by atoms with Gasteiger partial charge in [0.1, 0.15) is 0 Å². The van der Waals surface area contributed by atoms with Crippen LogP contribution in [0.5, 0.6) is 0 Å². The summed E-state index contributed by atoms with van der Waals surface area (Å²) in [7, 11) is 1.76. The molecule has 0 saturated carbocycles. The average molecular weight is 402 g/mol. The first kappa shape index (κ1) is 21.9. The van der Waals surface area contributed by atoms with Crippen LogP contribution in [-0.2, 0) is 9.59 Å². The normalized spacial score (nSPS) is 13.0. The maximum atomic E-state index is 12.5. The second kappa shape index (κ2) is 10.8. The third-order valence-corrected chi connectivity index (χ3v) is 5.10. The molecule has 2 atom stereocenters. The van der Waals surface area contributed by atoms with Crippen molar-refractivity contribution >= 4 is 29.1 Å². The van der Waals surface area contributed by atoms with E-state index in [1.54, 1.807) is 43.1 Å². The summed E-state index contributed by atoms with van der Waals surface area (Å²) in [4.78, 5) is 26.5. The molecular formula is C22H28ClN3O2. The zero-order valence-electron chi connectivity index (χ0n) is 16.6. The summed E-state index contributed by atoms with van der Waals surface area (Å²) in [6, 6.07) is 16.7. The first-order valence-corrected chi connectivity index (χ1v) is 9.86. The van der Waals surface area contributed by atoms with Gasteiger partial charge in [0.15, 0.2) is 0 Å². The summed E-state index contributed by atoms with van der Waals surface area (Å²) in [5.74, 6) is 0.00669. The van der Waals surface area contributed by atoms with Gasteiger partial charge in [-0.05, 0) is 50.2 Å². The van der Waals surface area contributed by atoms with Gasteiger partial charge in [0.05, 0.1) is 12.6 Å². The van der Waals surface area contributed by atoms with Crippen LogP contribution in [0.1, 0.15) is 31.7 Å². The lowest BCUT2D eigenvalue weighted by molar-refractivity contribution is -0.126. The summed E-state index contributed by atoms with van der Waals surface area (Å²) >= 11 is 5.85. The van der Waals surface area contributed by atoms with Crippen LogP contribution in [0.2, 0.25) is 5.02 Å². The van der Waals surface area contributed by atoms with Gasteiger partial charge < -0.3 is 10.6 Å². The molecule has 5 nitrogen and oxygen atoms in total. The monoisotopic (exact) mass is 401 g/mol.